The number of primary amides is 1. The number of amides is 3. The van der Waals surface area contributed by atoms with Crippen LogP contribution < -0.4 is 21.1 Å². The Hall–Kier alpha value is -2.31. The third kappa shape index (κ3) is 6.60. The molecule has 7 heteroatoms. The van der Waals surface area contributed by atoms with E-state index >= 15 is 0 Å². The number of urea groups is 1. The molecule has 0 aromatic carbocycles. The second-order valence-corrected chi connectivity index (χ2v) is 6.45. The molecule has 1 heterocycles. The van der Waals surface area contributed by atoms with Crippen LogP contribution in [0.2, 0.25) is 0 Å². The van der Waals surface area contributed by atoms with E-state index in [1.807, 2.05) is 19.1 Å². The van der Waals surface area contributed by atoms with Gasteiger partial charge in [0.25, 0.3) is 0 Å². The molecule has 1 aliphatic carbocycles. The number of nitrogens with zero attached hydrogens (tertiary/aromatic N) is 1. The van der Waals surface area contributed by atoms with Gasteiger partial charge in [0, 0.05) is 18.8 Å². The van der Waals surface area contributed by atoms with Crippen molar-refractivity contribution in [3.05, 3.63) is 23.9 Å². The van der Waals surface area contributed by atoms with Gasteiger partial charge in [-0.05, 0) is 43.7 Å². The van der Waals surface area contributed by atoms with E-state index in [-0.39, 0.29) is 12.0 Å². The lowest BCUT2D eigenvalue weighted by Gasteiger charge is -2.22. The van der Waals surface area contributed by atoms with Gasteiger partial charge in [0.05, 0.1) is 0 Å². The minimum atomic E-state index is -0.694. The van der Waals surface area contributed by atoms with Crippen molar-refractivity contribution in [1.29, 1.82) is 0 Å². The molecule has 1 saturated carbocycles. The third-order valence-corrected chi connectivity index (χ3v) is 4.32. The van der Waals surface area contributed by atoms with Gasteiger partial charge in [-0.2, -0.15) is 0 Å². The van der Waals surface area contributed by atoms with Crippen LogP contribution in [0.25, 0.3) is 0 Å². The highest BCUT2D eigenvalue weighted by molar-refractivity contribution is 5.86. The molecule has 1 aromatic heterocycles. The van der Waals surface area contributed by atoms with Gasteiger partial charge in [0.2, 0.25) is 11.8 Å². The highest BCUT2D eigenvalue weighted by Gasteiger charge is 2.19. The Morgan fingerprint density at radius 1 is 1.36 bits per heavy atom. The fourth-order valence-corrected chi connectivity index (χ4v) is 3.02. The summed E-state index contributed by atoms with van der Waals surface area (Å²) in [6.45, 7) is 2.30. The van der Waals surface area contributed by atoms with Gasteiger partial charge in [-0.1, -0.05) is 19.8 Å². The molecule has 1 aliphatic rings. The number of rotatable bonds is 8. The Morgan fingerprint density at radius 3 is 2.80 bits per heavy atom. The molecule has 0 unspecified atom stereocenters. The van der Waals surface area contributed by atoms with E-state index in [4.69, 9.17) is 10.5 Å². The van der Waals surface area contributed by atoms with Crippen molar-refractivity contribution in [1.82, 2.24) is 15.6 Å². The molecule has 0 spiro atoms. The molecular weight excluding hydrogens is 320 g/mol. The van der Waals surface area contributed by atoms with Crippen LogP contribution in [0.3, 0.4) is 0 Å². The number of carbonyl (C=O) groups excluding carboxylic acids is 2. The molecule has 0 saturated heterocycles. The second kappa shape index (κ2) is 9.86. The lowest BCUT2D eigenvalue weighted by Crippen LogP contribution is -2.48. The smallest absolute Gasteiger partial charge is 0.312 e. The Labute approximate surface area is 148 Å². The van der Waals surface area contributed by atoms with Crippen LogP contribution in [-0.2, 0) is 11.3 Å². The minimum absolute atomic E-state index is 0.236. The lowest BCUT2D eigenvalue weighted by molar-refractivity contribution is -0.123. The first kappa shape index (κ1) is 19.0. The number of carbonyl (C=O) groups is 2. The number of ether oxygens (including phenoxy) is 1. The lowest BCUT2D eigenvalue weighted by atomic mass is 9.98. The van der Waals surface area contributed by atoms with Crippen molar-refractivity contribution in [2.24, 2.45) is 5.73 Å². The summed E-state index contributed by atoms with van der Waals surface area (Å²) >= 11 is 0. The number of hydrogen-bond donors (Lipinski definition) is 3. The van der Waals surface area contributed by atoms with Gasteiger partial charge < -0.3 is 21.1 Å². The molecule has 0 aliphatic heterocycles. The van der Waals surface area contributed by atoms with Crippen molar-refractivity contribution in [2.75, 3.05) is 0 Å². The predicted octanol–water partition coefficient (Wildman–Crippen LogP) is 2.25. The quantitative estimate of drug-likeness (QED) is 0.670. The van der Waals surface area contributed by atoms with Crippen LogP contribution in [0.15, 0.2) is 18.3 Å². The summed E-state index contributed by atoms with van der Waals surface area (Å²) in [5, 5.41) is 5.30. The van der Waals surface area contributed by atoms with Gasteiger partial charge in [0.1, 0.15) is 12.1 Å². The van der Waals surface area contributed by atoms with Crippen LogP contribution in [0.1, 0.15) is 57.4 Å². The van der Waals surface area contributed by atoms with E-state index in [9.17, 15) is 9.59 Å². The Bertz CT molecular complexity index is 573. The van der Waals surface area contributed by atoms with Gasteiger partial charge in [-0.3, -0.25) is 4.79 Å². The predicted molar refractivity (Wildman–Crippen MR) is 95.0 cm³/mol. The fourth-order valence-electron chi connectivity index (χ4n) is 3.02. The summed E-state index contributed by atoms with van der Waals surface area (Å²) in [5.41, 5.74) is 6.03. The summed E-state index contributed by atoms with van der Waals surface area (Å²) in [5.74, 6) is 0.353. The zero-order valence-electron chi connectivity index (χ0n) is 14.8. The van der Waals surface area contributed by atoms with E-state index < -0.39 is 12.1 Å². The van der Waals surface area contributed by atoms with Crippen molar-refractivity contribution >= 4 is 11.9 Å². The standard InChI is InChI=1S/C18H28N4O3/c1-2-6-15(22-18(19)24)17(23)21-12-13-9-10-20-16(11-13)25-14-7-4-3-5-8-14/h9-11,14-15H,2-8,12H2,1H3,(H,21,23)(H3,19,22,24)/t15-/m1/s1. The molecule has 4 N–H and O–H groups in total. The topological polar surface area (TPSA) is 106 Å². The van der Waals surface area contributed by atoms with E-state index in [2.05, 4.69) is 15.6 Å². The van der Waals surface area contributed by atoms with Crippen molar-refractivity contribution in [2.45, 2.75) is 70.6 Å². The van der Waals surface area contributed by atoms with Crippen molar-refractivity contribution in [3.8, 4) is 5.88 Å². The molecule has 1 aromatic rings. The van der Waals surface area contributed by atoms with Gasteiger partial charge in [-0.25, -0.2) is 9.78 Å². The van der Waals surface area contributed by atoms with E-state index in [0.717, 1.165) is 24.8 Å². The largest absolute Gasteiger partial charge is 0.474 e. The zero-order chi connectivity index (χ0) is 18.1. The second-order valence-electron chi connectivity index (χ2n) is 6.45. The van der Waals surface area contributed by atoms with Gasteiger partial charge in [-0.15, -0.1) is 0 Å². The molecule has 7 nitrogen and oxygen atoms in total. The zero-order valence-corrected chi connectivity index (χ0v) is 14.8. The van der Waals surface area contributed by atoms with Crippen LogP contribution in [0, 0.1) is 0 Å². The molecular formula is C18H28N4O3. The summed E-state index contributed by atoms with van der Waals surface area (Å²) in [6.07, 6.45) is 9.05. The summed E-state index contributed by atoms with van der Waals surface area (Å²) < 4.78 is 5.94. The molecule has 138 valence electrons. The third-order valence-electron chi connectivity index (χ3n) is 4.32. The molecule has 1 fully saturated rings. The highest BCUT2D eigenvalue weighted by atomic mass is 16.5. The number of pyridine rings is 1. The van der Waals surface area contributed by atoms with E-state index in [1.54, 1.807) is 6.20 Å². The number of nitrogens with one attached hydrogen (secondary N) is 2. The summed E-state index contributed by atoms with van der Waals surface area (Å²) in [7, 11) is 0. The maximum absolute atomic E-state index is 12.2. The van der Waals surface area contributed by atoms with Gasteiger partial charge in [0.15, 0.2) is 0 Å². The molecule has 25 heavy (non-hydrogen) atoms. The van der Waals surface area contributed by atoms with Crippen LogP contribution in [-0.4, -0.2) is 29.1 Å². The van der Waals surface area contributed by atoms with E-state index in [0.29, 0.717) is 18.8 Å². The first-order chi connectivity index (χ1) is 12.1. The first-order valence-electron chi connectivity index (χ1n) is 9.03. The van der Waals surface area contributed by atoms with Crippen LogP contribution >= 0.6 is 0 Å². The molecule has 0 bridgehead atoms. The van der Waals surface area contributed by atoms with Crippen LogP contribution in [0.5, 0.6) is 5.88 Å². The molecule has 2 rings (SSSR count). The Balaban J connectivity index is 1.87. The SMILES string of the molecule is CCC[C@@H](NC(N)=O)C(=O)NCc1ccnc(OC2CCCCC2)c1. The van der Waals surface area contributed by atoms with Crippen LogP contribution in [0.4, 0.5) is 4.79 Å². The average Bonchev–Trinajstić information content (AvgIpc) is 2.60. The Kier molecular flexibility index (Phi) is 7.50. The fraction of sp³-hybridized carbons (Fsp3) is 0.611. The highest BCUT2D eigenvalue weighted by Crippen LogP contribution is 2.22. The average molecular weight is 348 g/mol. The number of aromatic nitrogens is 1. The minimum Gasteiger partial charge on any atom is -0.474 e. The first-order valence-corrected chi connectivity index (χ1v) is 9.03. The summed E-state index contributed by atoms with van der Waals surface area (Å²) in [6, 6.07) is 2.39. The normalized spacial score (nSPS) is 16.0. The Morgan fingerprint density at radius 2 is 2.12 bits per heavy atom. The monoisotopic (exact) mass is 348 g/mol. The van der Waals surface area contributed by atoms with Crippen molar-refractivity contribution < 1.29 is 14.3 Å². The molecule has 3 amide bonds. The molecule has 0 radical (unpaired) electrons. The number of hydrogen-bond acceptors (Lipinski definition) is 4. The summed E-state index contributed by atoms with van der Waals surface area (Å²) in [4.78, 5) is 27.5. The van der Waals surface area contributed by atoms with Gasteiger partial charge >= 0.3 is 6.03 Å². The maximum atomic E-state index is 12.2. The molecule has 1 atom stereocenters. The maximum Gasteiger partial charge on any atom is 0.312 e. The van der Waals surface area contributed by atoms with E-state index in [1.165, 1.54) is 19.3 Å². The van der Waals surface area contributed by atoms with Crippen molar-refractivity contribution in [3.63, 3.8) is 0 Å². The number of nitrogens with two attached hydrogens (primary N) is 1.